The highest BCUT2D eigenvalue weighted by Gasteiger charge is 2.31. The zero-order chi connectivity index (χ0) is 14.8. The molecular weight excluding hydrogens is 278 g/mol. The van der Waals surface area contributed by atoms with Gasteiger partial charge in [-0.05, 0) is 43.4 Å². The maximum absolute atomic E-state index is 12.1. The molecule has 1 fully saturated rings. The molecule has 1 aliphatic rings. The van der Waals surface area contributed by atoms with Crippen molar-refractivity contribution in [3.63, 3.8) is 0 Å². The molecule has 1 atom stereocenters. The van der Waals surface area contributed by atoms with Crippen LogP contribution in [0.2, 0.25) is 0 Å². The summed E-state index contributed by atoms with van der Waals surface area (Å²) in [5, 5.41) is 2.68. The molecule has 0 aromatic carbocycles. The lowest BCUT2D eigenvalue weighted by molar-refractivity contribution is -0.118. The molecule has 1 aromatic heterocycles. The first-order chi connectivity index (χ1) is 9.37. The predicted octanol–water partition coefficient (Wildman–Crippen LogP) is 0.481. The lowest BCUT2D eigenvalue weighted by Gasteiger charge is -2.26. The van der Waals surface area contributed by atoms with Gasteiger partial charge in [0.2, 0.25) is 5.91 Å². The van der Waals surface area contributed by atoms with E-state index in [-0.39, 0.29) is 23.3 Å². The molecule has 1 saturated heterocycles. The van der Waals surface area contributed by atoms with Gasteiger partial charge in [-0.2, -0.15) is 0 Å². The van der Waals surface area contributed by atoms with E-state index >= 15 is 0 Å². The van der Waals surface area contributed by atoms with Gasteiger partial charge in [0, 0.05) is 6.20 Å². The van der Waals surface area contributed by atoms with Crippen LogP contribution >= 0.6 is 0 Å². The van der Waals surface area contributed by atoms with Crippen LogP contribution in [0.15, 0.2) is 18.3 Å². The molecule has 2 heterocycles. The Bertz CT molecular complexity index is 587. The van der Waals surface area contributed by atoms with Crippen LogP contribution in [-0.4, -0.2) is 36.9 Å². The number of hydrogen-bond acceptors (Lipinski definition) is 5. The van der Waals surface area contributed by atoms with Crippen molar-refractivity contribution in [2.24, 2.45) is 11.7 Å². The van der Waals surface area contributed by atoms with Gasteiger partial charge in [0.1, 0.15) is 15.7 Å². The smallest absolute Gasteiger partial charge is 0.242 e. The number of nitrogens with one attached hydrogen (secondary N) is 1. The minimum absolute atomic E-state index is 0.0941. The lowest BCUT2D eigenvalue weighted by atomic mass is 9.94. The summed E-state index contributed by atoms with van der Waals surface area (Å²) >= 11 is 0. The summed E-state index contributed by atoms with van der Waals surface area (Å²) in [7, 11) is -2.94. The number of aromatic nitrogens is 1. The van der Waals surface area contributed by atoms with Crippen LogP contribution in [0.5, 0.6) is 0 Å². The third kappa shape index (κ3) is 3.77. The molecule has 1 unspecified atom stereocenters. The normalized spacial score (nSPS) is 20.3. The molecule has 110 valence electrons. The highest BCUT2D eigenvalue weighted by Crippen LogP contribution is 2.22. The number of pyridine rings is 1. The second kappa shape index (κ2) is 5.88. The summed E-state index contributed by atoms with van der Waals surface area (Å²) in [6, 6.07) is 2.89. The SMILES string of the molecule is Cc1ccnc(NC(=O)C(N)C2CCS(=O)(=O)CC2)c1. The van der Waals surface area contributed by atoms with Crippen LogP contribution in [0.1, 0.15) is 18.4 Å². The summed E-state index contributed by atoms with van der Waals surface area (Å²) < 4.78 is 22.7. The van der Waals surface area contributed by atoms with Crippen molar-refractivity contribution in [3.05, 3.63) is 23.9 Å². The fraction of sp³-hybridized carbons (Fsp3) is 0.538. The molecule has 1 aliphatic heterocycles. The largest absolute Gasteiger partial charge is 0.320 e. The monoisotopic (exact) mass is 297 g/mol. The highest BCUT2D eigenvalue weighted by molar-refractivity contribution is 7.91. The van der Waals surface area contributed by atoms with Crippen molar-refractivity contribution in [1.29, 1.82) is 0 Å². The highest BCUT2D eigenvalue weighted by atomic mass is 32.2. The third-order valence-corrected chi connectivity index (χ3v) is 5.29. The molecule has 1 amide bonds. The van der Waals surface area contributed by atoms with E-state index in [1.54, 1.807) is 12.3 Å². The zero-order valence-corrected chi connectivity index (χ0v) is 12.2. The van der Waals surface area contributed by atoms with Crippen molar-refractivity contribution in [2.45, 2.75) is 25.8 Å². The summed E-state index contributed by atoms with van der Waals surface area (Å²) in [4.78, 5) is 16.1. The average Bonchev–Trinajstić information content (AvgIpc) is 2.38. The number of aryl methyl sites for hydroxylation is 1. The standard InChI is InChI=1S/C13H19N3O3S/c1-9-2-5-15-11(8-9)16-13(17)12(14)10-3-6-20(18,19)7-4-10/h2,5,8,10,12H,3-4,6-7,14H2,1H3,(H,15,16,17). The molecule has 20 heavy (non-hydrogen) atoms. The second-order valence-corrected chi connectivity index (χ2v) is 7.53. The number of carbonyl (C=O) groups excluding carboxylic acids is 1. The van der Waals surface area contributed by atoms with Gasteiger partial charge >= 0.3 is 0 Å². The zero-order valence-electron chi connectivity index (χ0n) is 11.4. The first kappa shape index (κ1) is 14.9. The molecule has 0 saturated carbocycles. The number of sulfone groups is 1. The minimum atomic E-state index is -2.94. The number of nitrogens with zero attached hydrogens (tertiary/aromatic N) is 1. The van der Waals surface area contributed by atoms with Crippen molar-refractivity contribution in [3.8, 4) is 0 Å². The van der Waals surface area contributed by atoms with Crippen molar-refractivity contribution >= 4 is 21.6 Å². The van der Waals surface area contributed by atoms with Gasteiger partial charge in [0.15, 0.2) is 0 Å². The van der Waals surface area contributed by atoms with Gasteiger partial charge in [-0.3, -0.25) is 4.79 Å². The van der Waals surface area contributed by atoms with Crippen LogP contribution in [0.25, 0.3) is 0 Å². The number of nitrogens with two attached hydrogens (primary N) is 1. The maximum Gasteiger partial charge on any atom is 0.242 e. The van der Waals surface area contributed by atoms with Crippen LogP contribution in [0.3, 0.4) is 0 Å². The first-order valence-electron chi connectivity index (χ1n) is 6.57. The summed E-state index contributed by atoms with van der Waals surface area (Å²) in [5.41, 5.74) is 6.92. The van der Waals surface area contributed by atoms with E-state index in [2.05, 4.69) is 10.3 Å². The van der Waals surface area contributed by atoms with Gasteiger partial charge in [-0.1, -0.05) is 0 Å². The van der Waals surface area contributed by atoms with Gasteiger partial charge in [-0.25, -0.2) is 13.4 Å². The maximum atomic E-state index is 12.1. The van der Waals surface area contributed by atoms with Crippen molar-refractivity contribution in [2.75, 3.05) is 16.8 Å². The molecule has 3 N–H and O–H groups in total. The van der Waals surface area contributed by atoms with Crippen LogP contribution < -0.4 is 11.1 Å². The molecule has 2 rings (SSSR count). The molecule has 0 radical (unpaired) electrons. The van der Waals surface area contributed by atoms with Crippen LogP contribution in [0.4, 0.5) is 5.82 Å². The topological polar surface area (TPSA) is 102 Å². The second-order valence-electron chi connectivity index (χ2n) is 5.22. The Morgan fingerprint density at radius 1 is 1.45 bits per heavy atom. The number of anilines is 1. The first-order valence-corrected chi connectivity index (χ1v) is 8.39. The predicted molar refractivity (Wildman–Crippen MR) is 77.0 cm³/mol. The van der Waals surface area contributed by atoms with Crippen LogP contribution in [0, 0.1) is 12.8 Å². The van der Waals surface area contributed by atoms with Crippen molar-refractivity contribution < 1.29 is 13.2 Å². The fourth-order valence-electron chi connectivity index (χ4n) is 2.30. The molecule has 7 heteroatoms. The van der Waals surface area contributed by atoms with Gasteiger partial charge in [-0.15, -0.1) is 0 Å². The Kier molecular flexibility index (Phi) is 4.39. The van der Waals surface area contributed by atoms with Gasteiger partial charge < -0.3 is 11.1 Å². The molecule has 0 spiro atoms. The Morgan fingerprint density at radius 2 is 2.10 bits per heavy atom. The minimum Gasteiger partial charge on any atom is -0.320 e. The number of carbonyl (C=O) groups is 1. The van der Waals surface area contributed by atoms with E-state index in [4.69, 9.17) is 5.73 Å². The molecule has 0 aliphatic carbocycles. The van der Waals surface area contributed by atoms with E-state index < -0.39 is 15.9 Å². The quantitative estimate of drug-likeness (QED) is 0.845. The Labute approximate surface area is 118 Å². The molecule has 6 nitrogen and oxygen atoms in total. The summed E-state index contributed by atoms with van der Waals surface area (Å²) in [6.45, 7) is 1.91. The average molecular weight is 297 g/mol. The van der Waals surface area contributed by atoms with E-state index in [1.807, 2.05) is 13.0 Å². The number of hydrogen-bond donors (Lipinski definition) is 2. The van der Waals surface area contributed by atoms with Gasteiger partial charge in [0.25, 0.3) is 0 Å². The van der Waals surface area contributed by atoms with E-state index in [0.29, 0.717) is 18.7 Å². The number of rotatable bonds is 3. The Morgan fingerprint density at radius 3 is 2.70 bits per heavy atom. The van der Waals surface area contributed by atoms with Gasteiger partial charge in [0.05, 0.1) is 17.5 Å². The van der Waals surface area contributed by atoms with Crippen LogP contribution in [-0.2, 0) is 14.6 Å². The Hall–Kier alpha value is -1.47. The van der Waals surface area contributed by atoms with E-state index in [9.17, 15) is 13.2 Å². The molecule has 1 aromatic rings. The summed E-state index contributed by atoms with van der Waals surface area (Å²) in [5.74, 6) is 0.285. The van der Waals surface area contributed by atoms with E-state index in [1.165, 1.54) is 0 Å². The molecule has 0 bridgehead atoms. The lowest BCUT2D eigenvalue weighted by Crippen LogP contribution is -2.45. The summed E-state index contributed by atoms with van der Waals surface area (Å²) in [6.07, 6.45) is 2.50. The third-order valence-electron chi connectivity index (χ3n) is 3.58. The van der Waals surface area contributed by atoms with Crippen molar-refractivity contribution in [1.82, 2.24) is 4.98 Å². The number of amides is 1. The van der Waals surface area contributed by atoms with E-state index in [0.717, 1.165) is 5.56 Å². The fourth-order valence-corrected chi connectivity index (χ4v) is 3.82. The molecular formula is C13H19N3O3S. The Balaban J connectivity index is 1.96.